The predicted octanol–water partition coefficient (Wildman–Crippen LogP) is 9.87. The fourth-order valence-corrected chi connectivity index (χ4v) is 5.75. The zero-order valence-corrected chi connectivity index (χ0v) is 21.3. The van der Waals surface area contributed by atoms with Gasteiger partial charge in [0, 0.05) is 9.79 Å². The van der Waals surface area contributed by atoms with Gasteiger partial charge in [-0.25, -0.2) is 35.1 Å². The Hall–Kier alpha value is -2.63. The van der Waals surface area contributed by atoms with Crippen LogP contribution >= 0.6 is 35.3 Å². The first-order chi connectivity index (χ1) is 17.5. The topological polar surface area (TPSA) is 0 Å². The number of rotatable bonds is 6. The normalized spacial score (nSPS) is 11.3. The first-order valence-electron chi connectivity index (χ1n) is 10.4. The van der Waals surface area contributed by atoms with Crippen LogP contribution < -0.4 is 0 Å². The van der Waals surface area contributed by atoms with Crippen molar-refractivity contribution in [2.24, 2.45) is 0 Å². The van der Waals surface area contributed by atoms with Crippen molar-refractivity contribution < 1.29 is 35.1 Å². The minimum Gasteiger partial charge on any atom is -0.202 e. The fraction of sp³-hybridized carbons (Fsp3) is 0.0769. The van der Waals surface area contributed by atoms with Crippen LogP contribution in [0.4, 0.5) is 35.1 Å². The molecule has 0 aromatic heterocycles. The summed E-state index contributed by atoms with van der Waals surface area (Å²) >= 11 is 0.301. The van der Waals surface area contributed by atoms with Gasteiger partial charge < -0.3 is 0 Å². The van der Waals surface area contributed by atoms with Crippen molar-refractivity contribution in [2.75, 3.05) is 0 Å². The minimum absolute atomic E-state index is 0.269. The third-order valence-corrected chi connectivity index (χ3v) is 8.32. The minimum atomic E-state index is -1.96. The highest BCUT2D eigenvalue weighted by Crippen LogP contribution is 2.45. The number of halogens is 8. The molecule has 4 aromatic rings. The molecule has 0 fully saturated rings. The highest BCUT2D eigenvalue weighted by Gasteiger charge is 2.32. The SMILES string of the molecule is Cc1ccc(Sc2c(F)c(F)c(Sc3c(F)c(F)c(Sc4ccc(C)cc4)c(F)c3F)c(F)c2F)cc1. The lowest BCUT2D eigenvalue weighted by Gasteiger charge is -2.14. The smallest absolute Gasteiger partial charge is 0.177 e. The van der Waals surface area contributed by atoms with Gasteiger partial charge in [-0.15, -0.1) is 0 Å². The van der Waals surface area contributed by atoms with Crippen LogP contribution in [0.3, 0.4) is 0 Å². The second-order valence-electron chi connectivity index (χ2n) is 7.76. The fourth-order valence-electron chi connectivity index (χ4n) is 3.09. The van der Waals surface area contributed by atoms with E-state index in [2.05, 4.69) is 0 Å². The van der Waals surface area contributed by atoms with Crippen LogP contribution in [0, 0.1) is 60.4 Å². The van der Waals surface area contributed by atoms with E-state index in [1.165, 1.54) is 24.3 Å². The Bertz CT molecular complexity index is 1320. The molecule has 0 radical (unpaired) electrons. The molecule has 0 atom stereocenters. The Balaban J connectivity index is 1.73. The van der Waals surface area contributed by atoms with Crippen molar-refractivity contribution in [1.82, 2.24) is 0 Å². The lowest BCUT2D eigenvalue weighted by molar-refractivity contribution is 0.394. The van der Waals surface area contributed by atoms with Crippen LogP contribution in [0.5, 0.6) is 0 Å². The van der Waals surface area contributed by atoms with Gasteiger partial charge in [-0.05, 0) is 38.1 Å². The Morgan fingerprint density at radius 2 is 0.568 bits per heavy atom. The molecule has 0 heterocycles. The van der Waals surface area contributed by atoms with E-state index in [1.807, 2.05) is 0 Å². The molecule has 0 amide bonds. The van der Waals surface area contributed by atoms with Crippen molar-refractivity contribution in [1.29, 1.82) is 0 Å². The summed E-state index contributed by atoms with van der Waals surface area (Å²) in [5, 5.41) is 0. The average molecular weight is 575 g/mol. The quantitative estimate of drug-likeness (QED) is 0.166. The van der Waals surface area contributed by atoms with E-state index < -0.39 is 77.9 Å². The molecule has 0 saturated heterocycles. The van der Waals surface area contributed by atoms with Gasteiger partial charge in [0.05, 0.1) is 19.6 Å². The van der Waals surface area contributed by atoms with E-state index in [-0.39, 0.29) is 9.79 Å². The Morgan fingerprint density at radius 1 is 0.351 bits per heavy atom. The molecule has 0 aliphatic carbocycles. The standard InChI is InChI=1S/C26H14F8S3/c1-11-3-7-13(8-4-11)35-23-15(27)19(31)25(20(32)16(23)28)37-26-21(33)17(29)24(18(30)22(26)34)36-14-9-5-12(2)6-10-14/h3-10H,1-2H3. The van der Waals surface area contributed by atoms with Gasteiger partial charge >= 0.3 is 0 Å². The Labute approximate surface area is 219 Å². The zero-order chi connectivity index (χ0) is 27.0. The molecule has 0 bridgehead atoms. The van der Waals surface area contributed by atoms with Gasteiger partial charge in [0.1, 0.15) is 0 Å². The van der Waals surface area contributed by atoms with E-state index >= 15 is 0 Å². The molecule has 0 nitrogen and oxygen atoms in total. The zero-order valence-electron chi connectivity index (χ0n) is 18.9. The van der Waals surface area contributed by atoms with Gasteiger partial charge in [-0.1, -0.05) is 70.7 Å². The monoisotopic (exact) mass is 574 g/mol. The largest absolute Gasteiger partial charge is 0.202 e. The molecule has 0 N–H and O–H groups in total. The summed E-state index contributed by atoms with van der Waals surface area (Å²) in [5.74, 6) is -15.1. The maximum atomic E-state index is 14.8. The summed E-state index contributed by atoms with van der Waals surface area (Å²) in [7, 11) is 0. The van der Waals surface area contributed by atoms with Crippen LogP contribution in [0.2, 0.25) is 0 Å². The van der Waals surface area contributed by atoms with E-state index in [9.17, 15) is 35.1 Å². The summed E-state index contributed by atoms with van der Waals surface area (Å²) in [6, 6.07) is 12.4. The highest BCUT2D eigenvalue weighted by atomic mass is 32.2. The van der Waals surface area contributed by atoms with Crippen LogP contribution in [-0.4, -0.2) is 0 Å². The molecular formula is C26H14F8S3. The Kier molecular flexibility index (Phi) is 8.15. The van der Waals surface area contributed by atoms with Crippen LogP contribution in [0.1, 0.15) is 11.1 Å². The molecule has 0 aliphatic rings. The summed E-state index contributed by atoms with van der Waals surface area (Å²) < 4.78 is 118. The molecule has 0 saturated carbocycles. The molecular weight excluding hydrogens is 560 g/mol. The van der Waals surface area contributed by atoms with Crippen molar-refractivity contribution in [3.05, 3.63) is 106 Å². The van der Waals surface area contributed by atoms with Gasteiger partial charge in [0.15, 0.2) is 46.5 Å². The first kappa shape index (κ1) is 27.4. The Morgan fingerprint density at radius 3 is 0.811 bits per heavy atom. The van der Waals surface area contributed by atoms with Gasteiger partial charge in [0.2, 0.25) is 0 Å². The number of aryl methyl sites for hydroxylation is 2. The molecule has 0 unspecified atom stereocenters. The third-order valence-electron chi connectivity index (χ3n) is 5.05. The van der Waals surface area contributed by atoms with E-state index in [0.717, 1.165) is 11.1 Å². The van der Waals surface area contributed by atoms with Gasteiger partial charge in [0.25, 0.3) is 0 Å². The molecule has 0 spiro atoms. The third kappa shape index (κ3) is 5.49. The van der Waals surface area contributed by atoms with E-state index in [4.69, 9.17) is 0 Å². The number of benzene rings is 4. The number of hydrogen-bond acceptors (Lipinski definition) is 3. The second-order valence-corrected chi connectivity index (χ2v) is 10.9. The lowest BCUT2D eigenvalue weighted by atomic mass is 10.2. The molecule has 0 aliphatic heterocycles. The lowest BCUT2D eigenvalue weighted by Crippen LogP contribution is -2.05. The van der Waals surface area contributed by atoms with Crippen LogP contribution in [0.25, 0.3) is 0 Å². The maximum Gasteiger partial charge on any atom is 0.177 e. The number of hydrogen-bond donors (Lipinski definition) is 0. The first-order valence-corrected chi connectivity index (χ1v) is 12.8. The summed E-state index contributed by atoms with van der Waals surface area (Å²) in [4.78, 5) is -4.48. The van der Waals surface area contributed by atoms with Crippen molar-refractivity contribution in [2.45, 2.75) is 43.2 Å². The van der Waals surface area contributed by atoms with Crippen LogP contribution in [0.15, 0.2) is 77.9 Å². The average Bonchev–Trinajstić information content (AvgIpc) is 2.88. The van der Waals surface area contributed by atoms with Crippen molar-refractivity contribution in [3.8, 4) is 0 Å². The molecule has 37 heavy (non-hydrogen) atoms. The van der Waals surface area contributed by atoms with Crippen molar-refractivity contribution >= 4 is 35.3 Å². The van der Waals surface area contributed by atoms with Gasteiger partial charge in [-0.3, -0.25) is 0 Å². The van der Waals surface area contributed by atoms with E-state index in [0.29, 0.717) is 23.5 Å². The van der Waals surface area contributed by atoms with E-state index in [1.54, 1.807) is 38.1 Å². The molecule has 11 heteroatoms. The summed E-state index contributed by atoms with van der Waals surface area (Å²) in [6.07, 6.45) is 0. The highest BCUT2D eigenvalue weighted by molar-refractivity contribution is 8.00. The summed E-state index contributed by atoms with van der Waals surface area (Å²) in [6.45, 7) is 3.53. The predicted molar refractivity (Wildman–Crippen MR) is 127 cm³/mol. The summed E-state index contributed by atoms with van der Waals surface area (Å²) in [5.41, 5.74) is 1.67. The molecule has 4 aromatic carbocycles. The molecule has 192 valence electrons. The maximum absolute atomic E-state index is 14.8. The van der Waals surface area contributed by atoms with Crippen LogP contribution in [-0.2, 0) is 0 Å². The van der Waals surface area contributed by atoms with Gasteiger partial charge in [-0.2, -0.15) is 0 Å². The van der Waals surface area contributed by atoms with Crippen molar-refractivity contribution in [3.63, 3.8) is 0 Å². The second kappa shape index (κ2) is 11.0. The molecule has 4 rings (SSSR count).